The van der Waals surface area contributed by atoms with Gasteiger partial charge in [-0.1, -0.05) is 47.5 Å². The predicted molar refractivity (Wildman–Crippen MR) is 116 cm³/mol. The Morgan fingerprint density at radius 3 is 2.79 bits per heavy atom. The number of carbonyl (C=O) groups is 1. The molecule has 0 saturated heterocycles. The number of aromatic nitrogens is 1. The Labute approximate surface area is 175 Å². The van der Waals surface area contributed by atoms with Gasteiger partial charge in [0.25, 0.3) is 0 Å². The molecule has 3 aromatic rings. The van der Waals surface area contributed by atoms with Crippen molar-refractivity contribution in [3.05, 3.63) is 101 Å². The van der Waals surface area contributed by atoms with Crippen LogP contribution >= 0.6 is 11.6 Å². The molecule has 3 rings (SSSR count). The second-order valence-corrected chi connectivity index (χ2v) is 7.25. The lowest BCUT2D eigenvalue weighted by atomic mass is 10.1. The number of nitrogens with zero attached hydrogens (tertiary/aromatic N) is 2. The van der Waals surface area contributed by atoms with Crippen LogP contribution in [-0.4, -0.2) is 22.0 Å². The fraction of sp³-hybridized carbons (Fsp3) is 0.174. The number of anilines is 1. The highest BCUT2D eigenvalue weighted by atomic mass is 35.5. The summed E-state index contributed by atoms with van der Waals surface area (Å²) in [5.74, 6) is -0.526. The summed E-state index contributed by atoms with van der Waals surface area (Å²) in [6.07, 6.45) is 3.67. The molecule has 0 spiro atoms. The van der Waals surface area contributed by atoms with Crippen LogP contribution in [0.5, 0.6) is 0 Å². The van der Waals surface area contributed by atoms with Crippen molar-refractivity contribution in [1.82, 2.24) is 9.47 Å². The summed E-state index contributed by atoms with van der Waals surface area (Å²) in [5, 5.41) is 2.73. The van der Waals surface area contributed by atoms with Crippen molar-refractivity contribution in [2.45, 2.75) is 20.0 Å². The fourth-order valence-corrected chi connectivity index (χ4v) is 3.28. The lowest BCUT2D eigenvalue weighted by Gasteiger charge is -2.23. The zero-order valence-electron chi connectivity index (χ0n) is 16.2. The summed E-state index contributed by atoms with van der Waals surface area (Å²) in [4.78, 5) is 14.4. The third-order valence-electron chi connectivity index (χ3n) is 4.52. The standard InChI is InChI=1S/C23H23ClFN3O/c1-3-11-28(23(29)26-19-9-10-22(25)21(24)14-19)16-20-8-5-12-27(20)15-18-7-4-6-17(2)13-18/h3-10,12-14H,1,11,15-16H2,2H3,(H,26,29). The first-order chi connectivity index (χ1) is 14.0. The van der Waals surface area contributed by atoms with Gasteiger partial charge < -0.3 is 14.8 Å². The molecule has 0 aliphatic carbocycles. The average Bonchev–Trinajstić information content (AvgIpc) is 3.11. The summed E-state index contributed by atoms with van der Waals surface area (Å²) in [5.41, 5.74) is 3.84. The summed E-state index contributed by atoms with van der Waals surface area (Å²) < 4.78 is 15.5. The van der Waals surface area contributed by atoms with E-state index in [-0.39, 0.29) is 11.1 Å². The molecule has 0 radical (unpaired) electrons. The Morgan fingerprint density at radius 1 is 1.24 bits per heavy atom. The molecule has 1 heterocycles. The minimum atomic E-state index is -0.526. The number of hydrogen-bond acceptors (Lipinski definition) is 1. The third-order valence-corrected chi connectivity index (χ3v) is 4.81. The highest BCUT2D eigenvalue weighted by molar-refractivity contribution is 6.31. The maximum absolute atomic E-state index is 13.3. The van der Waals surface area contributed by atoms with E-state index in [2.05, 4.69) is 41.6 Å². The van der Waals surface area contributed by atoms with Gasteiger partial charge in [0, 0.05) is 30.7 Å². The Kier molecular flexibility index (Phi) is 6.73. The Hall–Kier alpha value is -3.05. The SMILES string of the molecule is C=CCN(Cc1cccn1Cc1cccc(C)c1)C(=O)Nc1ccc(F)c(Cl)c1. The van der Waals surface area contributed by atoms with Gasteiger partial charge in [-0.15, -0.1) is 6.58 Å². The largest absolute Gasteiger partial charge is 0.345 e. The zero-order valence-corrected chi connectivity index (χ0v) is 17.0. The molecule has 0 aliphatic heterocycles. The van der Waals surface area contributed by atoms with Crippen LogP contribution in [0.3, 0.4) is 0 Å². The molecular weight excluding hydrogens is 389 g/mol. The van der Waals surface area contributed by atoms with Crippen molar-refractivity contribution in [3.63, 3.8) is 0 Å². The van der Waals surface area contributed by atoms with Crippen LogP contribution in [0.25, 0.3) is 0 Å². The van der Waals surface area contributed by atoms with Crippen LogP contribution in [0.4, 0.5) is 14.9 Å². The molecule has 2 aromatic carbocycles. The number of aryl methyl sites for hydroxylation is 1. The second-order valence-electron chi connectivity index (χ2n) is 6.84. The van der Waals surface area contributed by atoms with Gasteiger partial charge in [0.2, 0.25) is 0 Å². The van der Waals surface area contributed by atoms with E-state index in [1.807, 2.05) is 24.4 Å². The van der Waals surface area contributed by atoms with Gasteiger partial charge in [0.15, 0.2) is 0 Å². The van der Waals surface area contributed by atoms with Crippen LogP contribution in [0.15, 0.2) is 73.4 Å². The van der Waals surface area contributed by atoms with Crippen LogP contribution in [0.1, 0.15) is 16.8 Å². The van der Waals surface area contributed by atoms with E-state index in [0.29, 0.717) is 18.8 Å². The van der Waals surface area contributed by atoms with Crippen LogP contribution < -0.4 is 5.32 Å². The number of hydrogen-bond donors (Lipinski definition) is 1. The number of amides is 2. The minimum absolute atomic E-state index is 0.0369. The molecule has 4 nitrogen and oxygen atoms in total. The first-order valence-corrected chi connectivity index (χ1v) is 9.65. The molecule has 1 aromatic heterocycles. The van der Waals surface area contributed by atoms with Gasteiger partial charge in [-0.2, -0.15) is 0 Å². The van der Waals surface area contributed by atoms with Crippen molar-refractivity contribution >= 4 is 23.3 Å². The smallest absolute Gasteiger partial charge is 0.322 e. The molecule has 0 saturated carbocycles. The average molecular weight is 412 g/mol. The minimum Gasteiger partial charge on any atom is -0.345 e. The molecule has 0 unspecified atom stereocenters. The monoisotopic (exact) mass is 411 g/mol. The van der Waals surface area contributed by atoms with E-state index < -0.39 is 5.82 Å². The first-order valence-electron chi connectivity index (χ1n) is 9.27. The van der Waals surface area contributed by atoms with Gasteiger partial charge in [-0.05, 0) is 42.8 Å². The number of urea groups is 1. The second kappa shape index (κ2) is 9.43. The third kappa shape index (κ3) is 5.48. The molecule has 6 heteroatoms. The van der Waals surface area contributed by atoms with Gasteiger partial charge >= 0.3 is 6.03 Å². The fourth-order valence-electron chi connectivity index (χ4n) is 3.10. The molecule has 150 valence electrons. The van der Waals surface area contributed by atoms with E-state index in [9.17, 15) is 9.18 Å². The highest BCUT2D eigenvalue weighted by Crippen LogP contribution is 2.20. The number of benzene rings is 2. The summed E-state index contributed by atoms with van der Waals surface area (Å²) >= 11 is 5.80. The topological polar surface area (TPSA) is 37.3 Å². The molecule has 2 amide bonds. The number of nitrogens with one attached hydrogen (secondary N) is 1. The summed E-state index contributed by atoms with van der Waals surface area (Å²) in [6.45, 7) is 7.32. The molecule has 29 heavy (non-hydrogen) atoms. The van der Waals surface area contributed by atoms with Crippen molar-refractivity contribution in [2.75, 3.05) is 11.9 Å². The number of carbonyl (C=O) groups excluding carboxylic acids is 1. The van der Waals surface area contributed by atoms with Crippen molar-refractivity contribution in [2.24, 2.45) is 0 Å². The summed E-state index contributed by atoms with van der Waals surface area (Å²) in [7, 11) is 0. The highest BCUT2D eigenvalue weighted by Gasteiger charge is 2.15. The Morgan fingerprint density at radius 2 is 2.07 bits per heavy atom. The molecule has 0 bridgehead atoms. The van der Waals surface area contributed by atoms with Gasteiger partial charge in [-0.25, -0.2) is 9.18 Å². The number of halogens is 2. The van der Waals surface area contributed by atoms with Gasteiger partial charge in [-0.3, -0.25) is 0 Å². The van der Waals surface area contributed by atoms with E-state index in [0.717, 1.165) is 12.2 Å². The number of rotatable bonds is 7. The maximum atomic E-state index is 13.3. The van der Waals surface area contributed by atoms with E-state index in [1.165, 1.54) is 29.3 Å². The maximum Gasteiger partial charge on any atom is 0.322 e. The van der Waals surface area contributed by atoms with Gasteiger partial charge in [0.1, 0.15) is 5.82 Å². The van der Waals surface area contributed by atoms with Crippen molar-refractivity contribution in [3.8, 4) is 0 Å². The van der Waals surface area contributed by atoms with E-state index in [4.69, 9.17) is 11.6 Å². The normalized spacial score (nSPS) is 10.6. The van der Waals surface area contributed by atoms with Crippen molar-refractivity contribution in [1.29, 1.82) is 0 Å². The Balaban J connectivity index is 1.73. The first kappa shape index (κ1) is 20.7. The summed E-state index contributed by atoms with van der Waals surface area (Å²) in [6, 6.07) is 16.1. The van der Waals surface area contributed by atoms with E-state index >= 15 is 0 Å². The molecule has 0 aliphatic rings. The zero-order chi connectivity index (χ0) is 20.8. The van der Waals surface area contributed by atoms with Crippen LogP contribution in [-0.2, 0) is 13.1 Å². The lowest BCUT2D eigenvalue weighted by Crippen LogP contribution is -2.35. The molecule has 0 fully saturated rings. The van der Waals surface area contributed by atoms with Crippen LogP contribution in [0.2, 0.25) is 5.02 Å². The molecule has 0 atom stereocenters. The molecule has 1 N–H and O–H groups in total. The van der Waals surface area contributed by atoms with E-state index in [1.54, 1.807) is 11.0 Å². The predicted octanol–water partition coefficient (Wildman–Crippen LogP) is 5.86. The van der Waals surface area contributed by atoms with Crippen molar-refractivity contribution < 1.29 is 9.18 Å². The quantitative estimate of drug-likeness (QED) is 0.486. The Bertz CT molecular complexity index is 1010. The lowest BCUT2D eigenvalue weighted by molar-refractivity contribution is 0.214. The van der Waals surface area contributed by atoms with Crippen LogP contribution in [0, 0.1) is 12.7 Å². The van der Waals surface area contributed by atoms with Gasteiger partial charge in [0.05, 0.1) is 11.6 Å². The molecular formula is C23H23ClFN3O.